The summed E-state index contributed by atoms with van der Waals surface area (Å²) in [6.45, 7) is 4.86. The Morgan fingerprint density at radius 1 is 1.19 bits per heavy atom. The third kappa shape index (κ3) is 5.28. The van der Waals surface area contributed by atoms with E-state index >= 15 is 0 Å². The summed E-state index contributed by atoms with van der Waals surface area (Å²) in [6, 6.07) is 3.17. The van der Waals surface area contributed by atoms with Gasteiger partial charge in [0, 0.05) is 18.8 Å². The molecule has 2 N–H and O–H groups in total. The number of hydrogen-bond acceptors (Lipinski definition) is 2. The zero-order valence-electron chi connectivity index (χ0n) is 12.3. The molecule has 0 aliphatic carbocycles. The molecule has 0 aliphatic heterocycles. The Morgan fingerprint density at radius 3 is 2.48 bits per heavy atom. The van der Waals surface area contributed by atoms with Crippen LogP contribution in [0, 0.1) is 0 Å². The maximum Gasteiger partial charge on any atom is 0.416 e. The molecular weight excluding hydrogens is 281 g/mol. The van der Waals surface area contributed by atoms with Crippen molar-refractivity contribution in [3.05, 3.63) is 29.3 Å². The van der Waals surface area contributed by atoms with Crippen LogP contribution in [0.2, 0.25) is 0 Å². The number of unbranched alkanes of at least 4 members (excludes halogenated alkanes) is 2. The highest BCUT2D eigenvalue weighted by Crippen LogP contribution is 2.31. The molecule has 1 amide bonds. The molecule has 0 bridgehead atoms. The summed E-state index contributed by atoms with van der Waals surface area (Å²) in [6.07, 6.45) is -1.65. The van der Waals surface area contributed by atoms with Crippen LogP contribution >= 0.6 is 0 Å². The lowest BCUT2D eigenvalue weighted by Gasteiger charge is -2.14. The molecular formula is C15H21F3N2O. The van der Waals surface area contributed by atoms with Crippen LogP contribution in [0.15, 0.2) is 18.2 Å². The largest absolute Gasteiger partial charge is 0.416 e. The molecule has 0 spiro atoms. The summed E-state index contributed by atoms with van der Waals surface area (Å²) in [5.41, 5.74) is -0.371. The van der Waals surface area contributed by atoms with Crippen molar-refractivity contribution in [1.82, 2.24) is 5.32 Å². The molecule has 1 aromatic carbocycles. The summed E-state index contributed by atoms with van der Waals surface area (Å²) in [4.78, 5) is 12.1. The highest BCUT2D eigenvalue weighted by molar-refractivity contribution is 5.99. The topological polar surface area (TPSA) is 41.1 Å². The minimum Gasteiger partial charge on any atom is -0.385 e. The molecule has 0 saturated heterocycles. The Kier molecular flexibility index (Phi) is 6.52. The fourth-order valence-electron chi connectivity index (χ4n) is 1.93. The first-order valence-corrected chi connectivity index (χ1v) is 7.13. The van der Waals surface area contributed by atoms with Crippen molar-refractivity contribution in [2.45, 2.75) is 39.3 Å². The third-order valence-electron chi connectivity index (χ3n) is 3.02. The monoisotopic (exact) mass is 302 g/mol. The molecule has 0 heterocycles. The number of carbonyl (C=O) groups excluding carboxylic acids is 1. The number of halogens is 3. The SMILES string of the molecule is CCCCCNC(=O)c1cc(C(F)(F)F)ccc1NCC. The van der Waals surface area contributed by atoms with Crippen molar-refractivity contribution in [3.63, 3.8) is 0 Å². The first-order valence-electron chi connectivity index (χ1n) is 7.13. The normalized spacial score (nSPS) is 11.3. The van der Waals surface area contributed by atoms with Gasteiger partial charge < -0.3 is 10.6 Å². The van der Waals surface area contributed by atoms with Crippen molar-refractivity contribution >= 4 is 11.6 Å². The second-order valence-corrected chi connectivity index (χ2v) is 4.75. The standard InChI is InChI=1S/C15H21F3N2O/c1-3-5-6-9-20-14(21)12-10-11(15(16,17)18)7-8-13(12)19-4-2/h7-8,10,19H,3-6,9H2,1-2H3,(H,20,21). The zero-order chi connectivity index (χ0) is 15.9. The Bertz CT molecular complexity index is 472. The minimum atomic E-state index is -4.46. The van der Waals surface area contributed by atoms with E-state index in [9.17, 15) is 18.0 Å². The number of nitrogens with one attached hydrogen (secondary N) is 2. The predicted octanol–water partition coefficient (Wildman–Crippen LogP) is 4.06. The molecule has 3 nitrogen and oxygen atoms in total. The van der Waals surface area contributed by atoms with Gasteiger partial charge in [-0.1, -0.05) is 19.8 Å². The molecule has 0 unspecified atom stereocenters. The quantitative estimate of drug-likeness (QED) is 0.746. The summed E-state index contributed by atoms with van der Waals surface area (Å²) < 4.78 is 38.2. The average Bonchev–Trinajstić information content (AvgIpc) is 2.43. The molecule has 0 aromatic heterocycles. The van der Waals surface area contributed by atoms with Crippen molar-refractivity contribution in [3.8, 4) is 0 Å². The number of carbonyl (C=O) groups is 1. The average molecular weight is 302 g/mol. The van der Waals surface area contributed by atoms with E-state index in [1.165, 1.54) is 6.07 Å². The number of benzene rings is 1. The molecule has 1 aromatic rings. The maximum absolute atomic E-state index is 12.7. The summed E-state index contributed by atoms with van der Waals surface area (Å²) in [7, 11) is 0. The van der Waals surface area contributed by atoms with E-state index in [0.717, 1.165) is 31.4 Å². The van der Waals surface area contributed by atoms with Gasteiger partial charge in [0.2, 0.25) is 0 Å². The van der Waals surface area contributed by atoms with Gasteiger partial charge in [0.1, 0.15) is 0 Å². The summed E-state index contributed by atoms with van der Waals surface area (Å²) in [5.74, 6) is -0.479. The van der Waals surface area contributed by atoms with Crippen LogP contribution in [0.5, 0.6) is 0 Å². The van der Waals surface area contributed by atoms with Gasteiger partial charge in [-0.15, -0.1) is 0 Å². The Hall–Kier alpha value is -1.72. The molecule has 0 atom stereocenters. The highest BCUT2D eigenvalue weighted by Gasteiger charge is 2.31. The van der Waals surface area contributed by atoms with Crippen LogP contribution in [0.1, 0.15) is 49.0 Å². The maximum atomic E-state index is 12.7. The van der Waals surface area contributed by atoms with Crippen LogP contribution in [0.4, 0.5) is 18.9 Å². The number of hydrogen-bond donors (Lipinski definition) is 2. The van der Waals surface area contributed by atoms with Crippen molar-refractivity contribution in [2.24, 2.45) is 0 Å². The Labute approximate surface area is 122 Å². The van der Waals surface area contributed by atoms with Crippen LogP contribution in [-0.2, 0) is 6.18 Å². The van der Waals surface area contributed by atoms with Gasteiger partial charge in [0.25, 0.3) is 5.91 Å². The van der Waals surface area contributed by atoms with Crippen LogP contribution in [0.3, 0.4) is 0 Å². The molecule has 0 fully saturated rings. The van der Waals surface area contributed by atoms with E-state index in [1.54, 1.807) is 0 Å². The van der Waals surface area contributed by atoms with Gasteiger partial charge in [-0.2, -0.15) is 13.2 Å². The lowest BCUT2D eigenvalue weighted by Crippen LogP contribution is -2.26. The molecule has 0 saturated carbocycles. The molecule has 0 radical (unpaired) electrons. The van der Waals surface area contributed by atoms with Crippen molar-refractivity contribution < 1.29 is 18.0 Å². The van der Waals surface area contributed by atoms with E-state index in [1.807, 2.05) is 13.8 Å². The van der Waals surface area contributed by atoms with Crippen molar-refractivity contribution in [2.75, 3.05) is 18.4 Å². The number of alkyl halides is 3. The second kappa shape index (κ2) is 7.90. The number of anilines is 1. The lowest BCUT2D eigenvalue weighted by atomic mass is 10.1. The summed E-state index contributed by atoms with van der Waals surface area (Å²) in [5, 5.41) is 5.57. The number of rotatable bonds is 7. The van der Waals surface area contributed by atoms with Crippen LogP contribution < -0.4 is 10.6 Å². The van der Waals surface area contributed by atoms with E-state index < -0.39 is 17.6 Å². The van der Waals surface area contributed by atoms with E-state index in [-0.39, 0.29) is 5.56 Å². The molecule has 1 rings (SSSR count). The molecule has 118 valence electrons. The highest BCUT2D eigenvalue weighted by atomic mass is 19.4. The fraction of sp³-hybridized carbons (Fsp3) is 0.533. The van der Waals surface area contributed by atoms with Gasteiger partial charge in [0.15, 0.2) is 0 Å². The molecule has 21 heavy (non-hydrogen) atoms. The van der Waals surface area contributed by atoms with Gasteiger partial charge in [-0.05, 0) is 31.5 Å². The van der Waals surface area contributed by atoms with Crippen LogP contribution in [0.25, 0.3) is 0 Å². The summed E-state index contributed by atoms with van der Waals surface area (Å²) >= 11 is 0. The van der Waals surface area contributed by atoms with E-state index in [0.29, 0.717) is 18.8 Å². The number of amides is 1. The Balaban J connectivity index is 2.92. The first-order chi connectivity index (χ1) is 9.90. The van der Waals surface area contributed by atoms with Crippen molar-refractivity contribution in [1.29, 1.82) is 0 Å². The lowest BCUT2D eigenvalue weighted by molar-refractivity contribution is -0.137. The smallest absolute Gasteiger partial charge is 0.385 e. The first kappa shape index (κ1) is 17.3. The molecule has 6 heteroatoms. The van der Waals surface area contributed by atoms with Gasteiger partial charge in [0.05, 0.1) is 11.1 Å². The minimum absolute atomic E-state index is 0.0307. The Morgan fingerprint density at radius 2 is 1.90 bits per heavy atom. The molecule has 0 aliphatic rings. The van der Waals surface area contributed by atoms with E-state index in [4.69, 9.17) is 0 Å². The van der Waals surface area contributed by atoms with Gasteiger partial charge in [-0.3, -0.25) is 4.79 Å². The fourth-order valence-corrected chi connectivity index (χ4v) is 1.93. The predicted molar refractivity (Wildman–Crippen MR) is 77.5 cm³/mol. The van der Waals surface area contributed by atoms with Crippen LogP contribution in [-0.4, -0.2) is 19.0 Å². The van der Waals surface area contributed by atoms with E-state index in [2.05, 4.69) is 10.6 Å². The second-order valence-electron chi connectivity index (χ2n) is 4.75. The third-order valence-corrected chi connectivity index (χ3v) is 3.02. The van der Waals surface area contributed by atoms with Gasteiger partial charge in [-0.25, -0.2) is 0 Å². The zero-order valence-corrected chi connectivity index (χ0v) is 12.3. The van der Waals surface area contributed by atoms with Gasteiger partial charge >= 0.3 is 6.18 Å².